The highest BCUT2D eigenvalue weighted by Crippen LogP contribution is 2.33. The van der Waals surface area contributed by atoms with E-state index in [9.17, 15) is 17.6 Å². The van der Waals surface area contributed by atoms with E-state index in [0.29, 0.717) is 0 Å². The van der Waals surface area contributed by atoms with E-state index in [4.69, 9.17) is 11.2 Å². The zero-order valence-corrected chi connectivity index (χ0v) is 11.4. The quantitative estimate of drug-likeness (QED) is 0.618. The molecular weight excluding hydrogens is 300 g/mol. The molecule has 0 fully saturated rings. The van der Waals surface area contributed by atoms with Crippen LogP contribution in [-0.4, -0.2) is 13.5 Å². The van der Waals surface area contributed by atoms with Crippen molar-refractivity contribution in [3.63, 3.8) is 0 Å². The smallest absolute Gasteiger partial charge is 0.494 e. The maximum Gasteiger partial charge on any atom is 0.573 e. The largest absolute Gasteiger partial charge is 0.573 e. The topological polar surface area (TPSA) is 18.5 Å². The van der Waals surface area contributed by atoms with E-state index in [1.807, 2.05) is 0 Å². The maximum atomic E-state index is 14.2. The first-order chi connectivity index (χ1) is 10.3. The fourth-order valence-corrected chi connectivity index (χ4v) is 1.92. The van der Waals surface area contributed by atoms with Crippen LogP contribution in [0.25, 0.3) is 11.1 Å². The first kappa shape index (κ1) is 15.7. The summed E-state index contributed by atoms with van der Waals surface area (Å²) in [6, 6.07) is 7.83. The lowest BCUT2D eigenvalue weighted by Gasteiger charge is -2.12. The molecule has 0 atom stereocenters. The molecule has 0 heterocycles. The summed E-state index contributed by atoms with van der Waals surface area (Å²) in [6.07, 6.45) is 0.355. The van der Waals surface area contributed by atoms with Gasteiger partial charge in [0.2, 0.25) is 0 Å². The molecular formula is C16H10F4O2. The Hall–Kier alpha value is -2.68. The molecule has 2 rings (SSSR count). The number of hydrogen-bond donors (Lipinski definition) is 0. The van der Waals surface area contributed by atoms with Crippen LogP contribution in [0.4, 0.5) is 17.6 Å². The van der Waals surface area contributed by atoms with E-state index in [1.54, 1.807) is 0 Å². The molecule has 0 bridgehead atoms. The summed E-state index contributed by atoms with van der Waals surface area (Å²) in [4.78, 5) is 0. The fourth-order valence-electron chi connectivity index (χ4n) is 1.92. The molecule has 0 aliphatic heterocycles. The molecule has 0 radical (unpaired) electrons. The minimum Gasteiger partial charge on any atom is -0.494 e. The van der Waals surface area contributed by atoms with Crippen molar-refractivity contribution in [2.24, 2.45) is 0 Å². The highest BCUT2D eigenvalue weighted by atomic mass is 19.4. The van der Waals surface area contributed by atoms with Gasteiger partial charge in [0.05, 0.1) is 7.11 Å². The highest BCUT2D eigenvalue weighted by molar-refractivity contribution is 5.69. The van der Waals surface area contributed by atoms with Crippen molar-refractivity contribution in [1.82, 2.24) is 0 Å². The van der Waals surface area contributed by atoms with Gasteiger partial charge >= 0.3 is 6.36 Å². The predicted molar refractivity (Wildman–Crippen MR) is 73.0 cm³/mol. The van der Waals surface area contributed by atoms with Crippen LogP contribution in [0, 0.1) is 18.2 Å². The van der Waals surface area contributed by atoms with Crippen molar-refractivity contribution in [2.75, 3.05) is 7.11 Å². The van der Waals surface area contributed by atoms with Crippen molar-refractivity contribution < 1.29 is 27.0 Å². The van der Waals surface area contributed by atoms with Crippen LogP contribution < -0.4 is 9.47 Å². The third kappa shape index (κ3) is 3.50. The number of benzene rings is 2. The lowest BCUT2D eigenvalue weighted by molar-refractivity contribution is -0.274. The highest BCUT2D eigenvalue weighted by Gasteiger charge is 2.31. The number of rotatable bonds is 3. The summed E-state index contributed by atoms with van der Waals surface area (Å²) in [7, 11) is 1.29. The normalized spacial score (nSPS) is 10.9. The number of halogens is 4. The van der Waals surface area contributed by atoms with Gasteiger partial charge in [-0.2, -0.15) is 0 Å². The van der Waals surface area contributed by atoms with E-state index < -0.39 is 17.9 Å². The molecule has 2 nitrogen and oxygen atoms in total. The van der Waals surface area contributed by atoms with Gasteiger partial charge in [-0.25, -0.2) is 4.39 Å². The zero-order chi connectivity index (χ0) is 16.3. The monoisotopic (exact) mass is 310 g/mol. The minimum atomic E-state index is -4.86. The molecule has 0 amide bonds. The Morgan fingerprint density at radius 2 is 1.86 bits per heavy atom. The number of hydrogen-bond acceptors (Lipinski definition) is 2. The van der Waals surface area contributed by atoms with E-state index in [1.165, 1.54) is 31.4 Å². The minimum absolute atomic E-state index is 0.0260. The summed E-state index contributed by atoms with van der Waals surface area (Å²) in [6.45, 7) is 0. The molecule has 2 aromatic carbocycles. The Labute approximate surface area is 124 Å². The second kappa shape index (κ2) is 5.98. The van der Waals surface area contributed by atoms with Crippen molar-refractivity contribution in [3.05, 3.63) is 47.8 Å². The maximum absolute atomic E-state index is 14.2. The van der Waals surface area contributed by atoms with Crippen molar-refractivity contribution in [1.29, 1.82) is 0 Å². The third-order valence-electron chi connectivity index (χ3n) is 2.80. The molecule has 0 N–H and O–H groups in total. The van der Waals surface area contributed by atoms with E-state index in [2.05, 4.69) is 10.7 Å². The standard InChI is InChI=1S/C16H10F4O2/c1-3-10-7-11(9-12(8-10)22-16(18,19)20)13-5-4-6-14(21-2)15(13)17/h1,4-9H,2H3. The molecule has 0 aromatic heterocycles. The van der Waals surface area contributed by atoms with Gasteiger partial charge < -0.3 is 9.47 Å². The second-order valence-corrected chi connectivity index (χ2v) is 4.26. The molecule has 0 unspecified atom stereocenters. The van der Waals surface area contributed by atoms with Gasteiger partial charge in [0, 0.05) is 11.1 Å². The van der Waals surface area contributed by atoms with Crippen LogP contribution >= 0.6 is 0 Å². The zero-order valence-electron chi connectivity index (χ0n) is 11.4. The van der Waals surface area contributed by atoms with Crippen molar-refractivity contribution in [2.45, 2.75) is 6.36 Å². The van der Waals surface area contributed by atoms with Gasteiger partial charge in [-0.1, -0.05) is 18.1 Å². The fraction of sp³-hybridized carbons (Fsp3) is 0.125. The molecule has 0 aliphatic rings. The lowest BCUT2D eigenvalue weighted by atomic mass is 10.0. The average Bonchev–Trinajstić information content (AvgIpc) is 2.45. The van der Waals surface area contributed by atoms with Gasteiger partial charge in [0.25, 0.3) is 0 Å². The first-order valence-electron chi connectivity index (χ1n) is 6.04. The molecule has 0 saturated heterocycles. The van der Waals surface area contributed by atoms with Crippen molar-refractivity contribution in [3.8, 4) is 35.0 Å². The van der Waals surface area contributed by atoms with Crippen LogP contribution in [0.3, 0.4) is 0 Å². The third-order valence-corrected chi connectivity index (χ3v) is 2.80. The van der Waals surface area contributed by atoms with Gasteiger partial charge in [0.15, 0.2) is 11.6 Å². The number of terminal acetylenes is 1. The van der Waals surface area contributed by atoms with Crippen molar-refractivity contribution >= 4 is 0 Å². The van der Waals surface area contributed by atoms with Gasteiger partial charge in [0.1, 0.15) is 5.75 Å². The number of ether oxygens (including phenoxy) is 2. The molecule has 0 aliphatic carbocycles. The average molecular weight is 310 g/mol. The summed E-state index contributed by atoms with van der Waals surface area (Å²) >= 11 is 0. The first-order valence-corrected chi connectivity index (χ1v) is 6.04. The lowest BCUT2D eigenvalue weighted by Crippen LogP contribution is -2.17. The predicted octanol–water partition coefficient (Wildman–Crippen LogP) is 4.38. The van der Waals surface area contributed by atoms with Crippen LogP contribution in [0.5, 0.6) is 11.5 Å². The summed E-state index contributed by atoms with van der Waals surface area (Å²) in [5.74, 6) is 0.973. The Balaban J connectivity index is 2.56. The van der Waals surface area contributed by atoms with Crippen LogP contribution in [0.15, 0.2) is 36.4 Å². The number of methoxy groups -OCH3 is 1. The van der Waals surface area contributed by atoms with Gasteiger partial charge in [-0.15, -0.1) is 19.6 Å². The molecule has 6 heteroatoms. The molecule has 22 heavy (non-hydrogen) atoms. The van der Waals surface area contributed by atoms with Crippen LogP contribution in [0.1, 0.15) is 5.56 Å². The molecule has 2 aromatic rings. The SMILES string of the molecule is C#Cc1cc(OC(F)(F)F)cc(-c2cccc(OC)c2F)c1. The summed E-state index contributed by atoms with van der Waals surface area (Å²) in [5.41, 5.74) is 0.355. The number of alkyl halides is 3. The van der Waals surface area contributed by atoms with Gasteiger partial charge in [-0.3, -0.25) is 0 Å². The van der Waals surface area contributed by atoms with Crippen LogP contribution in [0.2, 0.25) is 0 Å². The van der Waals surface area contributed by atoms with E-state index in [-0.39, 0.29) is 22.4 Å². The Bertz CT molecular complexity index is 730. The van der Waals surface area contributed by atoms with Crippen LogP contribution in [-0.2, 0) is 0 Å². The molecule has 0 saturated carbocycles. The summed E-state index contributed by atoms with van der Waals surface area (Å²) < 4.78 is 59.9. The van der Waals surface area contributed by atoms with Gasteiger partial charge in [-0.05, 0) is 29.8 Å². The molecule has 0 spiro atoms. The van der Waals surface area contributed by atoms with E-state index >= 15 is 0 Å². The Morgan fingerprint density at radius 1 is 1.14 bits per heavy atom. The Kier molecular flexibility index (Phi) is 4.27. The Morgan fingerprint density at radius 3 is 2.45 bits per heavy atom. The molecule has 114 valence electrons. The summed E-state index contributed by atoms with van der Waals surface area (Å²) in [5, 5.41) is 0. The van der Waals surface area contributed by atoms with E-state index in [0.717, 1.165) is 12.1 Å². The second-order valence-electron chi connectivity index (χ2n) is 4.26.